The van der Waals surface area contributed by atoms with Crippen LogP contribution < -0.4 is 10.6 Å². The van der Waals surface area contributed by atoms with Crippen LogP contribution in [0, 0.1) is 5.82 Å². The first-order chi connectivity index (χ1) is 11.8. The molecular weight excluding hydrogens is 434 g/mol. The standard InChI is InChI=1S/C18H27FN4O.HI/c1-2-20-18(21-7-8-23-9-11-24-12-10-23)22-17-13-15(17)14-5-3-4-6-16(14)19;/h3-6,15,17H,2,7-13H2,1H3,(H2,20,21,22);1H. The number of aliphatic imine (C=N–C) groups is 1. The Hall–Kier alpha value is -0.930. The second-order valence-electron chi connectivity index (χ2n) is 6.33. The maximum atomic E-state index is 13.9. The Labute approximate surface area is 166 Å². The Morgan fingerprint density at radius 2 is 2.08 bits per heavy atom. The fourth-order valence-electron chi connectivity index (χ4n) is 3.10. The second-order valence-corrected chi connectivity index (χ2v) is 6.33. The highest BCUT2D eigenvalue weighted by atomic mass is 127. The second kappa shape index (κ2) is 10.3. The number of benzene rings is 1. The molecule has 1 aliphatic heterocycles. The van der Waals surface area contributed by atoms with E-state index in [1.165, 1.54) is 6.07 Å². The molecule has 2 unspecified atom stereocenters. The molecule has 2 fully saturated rings. The molecule has 1 heterocycles. The maximum Gasteiger partial charge on any atom is 0.191 e. The Morgan fingerprint density at radius 1 is 1.32 bits per heavy atom. The van der Waals surface area contributed by atoms with Crippen molar-refractivity contribution in [2.45, 2.75) is 25.3 Å². The number of ether oxygens (including phenoxy) is 1. The zero-order valence-electron chi connectivity index (χ0n) is 14.7. The number of nitrogens with one attached hydrogen (secondary N) is 2. The van der Waals surface area contributed by atoms with E-state index in [0.717, 1.165) is 63.9 Å². The smallest absolute Gasteiger partial charge is 0.191 e. The molecule has 1 saturated heterocycles. The average Bonchev–Trinajstić information content (AvgIpc) is 3.35. The zero-order valence-corrected chi connectivity index (χ0v) is 17.0. The van der Waals surface area contributed by atoms with Crippen molar-refractivity contribution in [3.05, 3.63) is 35.6 Å². The number of nitrogens with zero attached hydrogens (tertiary/aromatic N) is 2. The fourth-order valence-corrected chi connectivity index (χ4v) is 3.10. The summed E-state index contributed by atoms with van der Waals surface area (Å²) in [5.74, 6) is 0.963. The van der Waals surface area contributed by atoms with Gasteiger partial charge in [0.25, 0.3) is 0 Å². The molecule has 0 aromatic heterocycles. The summed E-state index contributed by atoms with van der Waals surface area (Å²) in [5.41, 5.74) is 0.805. The molecule has 2 N–H and O–H groups in total. The summed E-state index contributed by atoms with van der Waals surface area (Å²) >= 11 is 0. The third kappa shape index (κ3) is 6.07. The zero-order chi connectivity index (χ0) is 16.8. The van der Waals surface area contributed by atoms with Crippen LogP contribution in [-0.4, -0.2) is 62.8 Å². The lowest BCUT2D eigenvalue weighted by molar-refractivity contribution is 0.0394. The lowest BCUT2D eigenvalue weighted by Gasteiger charge is -2.25. The van der Waals surface area contributed by atoms with Crippen molar-refractivity contribution in [2.75, 3.05) is 45.9 Å². The van der Waals surface area contributed by atoms with Gasteiger partial charge in [0.1, 0.15) is 5.82 Å². The van der Waals surface area contributed by atoms with Gasteiger partial charge in [0.05, 0.1) is 19.8 Å². The SMILES string of the molecule is CCNC(=NCCN1CCOCC1)NC1CC1c1ccccc1F.I. The summed E-state index contributed by atoms with van der Waals surface area (Å²) in [6.45, 7) is 8.17. The van der Waals surface area contributed by atoms with Crippen molar-refractivity contribution in [1.82, 2.24) is 15.5 Å². The van der Waals surface area contributed by atoms with Crippen molar-refractivity contribution in [3.63, 3.8) is 0 Å². The number of hydrogen-bond acceptors (Lipinski definition) is 3. The van der Waals surface area contributed by atoms with Gasteiger partial charge < -0.3 is 15.4 Å². The van der Waals surface area contributed by atoms with E-state index in [1.807, 2.05) is 12.1 Å². The number of rotatable bonds is 6. The molecule has 1 saturated carbocycles. The summed E-state index contributed by atoms with van der Waals surface area (Å²) in [6, 6.07) is 7.32. The third-order valence-corrected chi connectivity index (χ3v) is 4.55. The van der Waals surface area contributed by atoms with Crippen LogP contribution in [0.4, 0.5) is 4.39 Å². The summed E-state index contributed by atoms with van der Waals surface area (Å²) in [6.07, 6.45) is 0.953. The lowest BCUT2D eigenvalue weighted by atomic mass is 10.1. The predicted octanol–water partition coefficient (Wildman–Crippen LogP) is 2.19. The van der Waals surface area contributed by atoms with Gasteiger partial charge in [-0.2, -0.15) is 0 Å². The fraction of sp³-hybridized carbons (Fsp3) is 0.611. The van der Waals surface area contributed by atoms with Gasteiger partial charge in [-0.05, 0) is 25.0 Å². The van der Waals surface area contributed by atoms with Gasteiger partial charge in [0, 0.05) is 38.1 Å². The topological polar surface area (TPSA) is 48.9 Å². The van der Waals surface area contributed by atoms with Crippen LogP contribution in [0.25, 0.3) is 0 Å². The molecule has 0 amide bonds. The molecule has 2 aliphatic rings. The van der Waals surface area contributed by atoms with E-state index in [9.17, 15) is 4.39 Å². The van der Waals surface area contributed by atoms with Crippen molar-refractivity contribution in [3.8, 4) is 0 Å². The molecule has 0 spiro atoms. The Balaban J connectivity index is 0.00000225. The molecule has 3 rings (SSSR count). The number of guanidine groups is 1. The largest absolute Gasteiger partial charge is 0.379 e. The monoisotopic (exact) mass is 462 g/mol. The third-order valence-electron chi connectivity index (χ3n) is 4.55. The van der Waals surface area contributed by atoms with Gasteiger partial charge in [-0.15, -0.1) is 24.0 Å². The first kappa shape index (κ1) is 20.4. The van der Waals surface area contributed by atoms with E-state index in [1.54, 1.807) is 6.07 Å². The Kier molecular flexibility index (Phi) is 8.38. The number of morpholine rings is 1. The van der Waals surface area contributed by atoms with Crippen LogP contribution in [0.5, 0.6) is 0 Å². The summed E-state index contributed by atoms with van der Waals surface area (Å²) < 4.78 is 19.2. The molecule has 1 aliphatic carbocycles. The number of hydrogen-bond donors (Lipinski definition) is 2. The van der Waals surface area contributed by atoms with Crippen LogP contribution in [-0.2, 0) is 4.74 Å². The highest BCUT2D eigenvalue weighted by Gasteiger charge is 2.40. The van der Waals surface area contributed by atoms with Crippen LogP contribution in [0.3, 0.4) is 0 Å². The molecule has 1 aromatic carbocycles. The van der Waals surface area contributed by atoms with E-state index in [0.29, 0.717) is 0 Å². The number of halogens is 2. The van der Waals surface area contributed by atoms with Gasteiger partial charge in [-0.3, -0.25) is 9.89 Å². The Bertz CT molecular complexity index is 566. The summed E-state index contributed by atoms with van der Waals surface area (Å²) in [5, 5.41) is 6.71. The highest BCUT2D eigenvalue weighted by molar-refractivity contribution is 14.0. The molecule has 0 radical (unpaired) electrons. The van der Waals surface area contributed by atoms with Crippen molar-refractivity contribution < 1.29 is 9.13 Å². The molecular formula is C18H28FIN4O. The van der Waals surface area contributed by atoms with E-state index < -0.39 is 0 Å². The first-order valence-electron chi connectivity index (χ1n) is 8.87. The van der Waals surface area contributed by atoms with Crippen molar-refractivity contribution in [2.24, 2.45) is 4.99 Å². The van der Waals surface area contributed by atoms with Crippen LogP contribution >= 0.6 is 24.0 Å². The minimum absolute atomic E-state index is 0. The Morgan fingerprint density at radius 3 is 2.80 bits per heavy atom. The molecule has 1 aromatic rings. The van der Waals surface area contributed by atoms with Crippen LogP contribution in [0.2, 0.25) is 0 Å². The molecule has 140 valence electrons. The molecule has 5 nitrogen and oxygen atoms in total. The van der Waals surface area contributed by atoms with Gasteiger partial charge in [-0.25, -0.2) is 4.39 Å². The lowest BCUT2D eigenvalue weighted by Crippen LogP contribution is -2.41. The quantitative estimate of drug-likeness (QED) is 0.387. The van der Waals surface area contributed by atoms with E-state index >= 15 is 0 Å². The highest BCUT2D eigenvalue weighted by Crippen LogP contribution is 2.41. The molecule has 2 atom stereocenters. The van der Waals surface area contributed by atoms with E-state index in [2.05, 4.69) is 27.4 Å². The van der Waals surface area contributed by atoms with Crippen molar-refractivity contribution in [1.29, 1.82) is 0 Å². The molecule has 25 heavy (non-hydrogen) atoms. The van der Waals surface area contributed by atoms with Gasteiger partial charge in [0.15, 0.2) is 5.96 Å². The van der Waals surface area contributed by atoms with Gasteiger partial charge in [-0.1, -0.05) is 18.2 Å². The molecule has 7 heteroatoms. The average molecular weight is 462 g/mol. The first-order valence-corrected chi connectivity index (χ1v) is 8.87. The predicted molar refractivity (Wildman–Crippen MR) is 109 cm³/mol. The van der Waals surface area contributed by atoms with Crippen LogP contribution in [0.15, 0.2) is 29.3 Å². The minimum Gasteiger partial charge on any atom is -0.379 e. The molecule has 0 bridgehead atoms. The van der Waals surface area contributed by atoms with Gasteiger partial charge in [0.2, 0.25) is 0 Å². The normalized spacial score (nSPS) is 23.7. The minimum atomic E-state index is -0.110. The van der Waals surface area contributed by atoms with E-state index in [4.69, 9.17) is 4.74 Å². The van der Waals surface area contributed by atoms with E-state index in [-0.39, 0.29) is 41.8 Å². The van der Waals surface area contributed by atoms with Crippen LogP contribution in [0.1, 0.15) is 24.8 Å². The summed E-state index contributed by atoms with van der Waals surface area (Å²) in [7, 11) is 0. The summed E-state index contributed by atoms with van der Waals surface area (Å²) in [4.78, 5) is 7.03. The van der Waals surface area contributed by atoms with Gasteiger partial charge >= 0.3 is 0 Å². The van der Waals surface area contributed by atoms with Crippen molar-refractivity contribution >= 4 is 29.9 Å². The maximum absolute atomic E-state index is 13.9.